The number of halogens is 6. The number of aryl methyl sites for hydroxylation is 3. The molecule has 0 radical (unpaired) electrons. The topological polar surface area (TPSA) is 83.1 Å². The molecule has 1 aliphatic heterocycles. The van der Waals surface area contributed by atoms with Crippen LogP contribution in [0.15, 0.2) is 60.8 Å². The summed E-state index contributed by atoms with van der Waals surface area (Å²) in [4.78, 5) is 27.5. The second-order valence-corrected chi connectivity index (χ2v) is 12.1. The number of nitrogens with zero attached hydrogens (tertiary/aromatic N) is 5. The van der Waals surface area contributed by atoms with Gasteiger partial charge in [-0.15, -0.1) is 0 Å². The Morgan fingerprint density at radius 2 is 1.69 bits per heavy atom. The average molecular weight is 705 g/mol. The van der Waals surface area contributed by atoms with Crippen molar-refractivity contribution in [2.45, 2.75) is 40.1 Å². The monoisotopic (exact) mass is 704 g/mol. The van der Waals surface area contributed by atoms with Crippen molar-refractivity contribution in [1.82, 2.24) is 14.9 Å². The summed E-state index contributed by atoms with van der Waals surface area (Å²) < 4.78 is 78.3. The molecule has 0 atom stereocenters. The lowest BCUT2D eigenvalue weighted by Gasteiger charge is -2.35. The summed E-state index contributed by atoms with van der Waals surface area (Å²) in [5, 5.41) is 2.93. The summed E-state index contributed by atoms with van der Waals surface area (Å²) in [5.74, 6) is 0.170. The molecule has 15 heteroatoms. The molecule has 1 saturated heterocycles. The largest absolute Gasteiger partial charge is 0.433 e. The van der Waals surface area contributed by atoms with E-state index in [2.05, 4.69) is 20.2 Å². The number of anilines is 4. The zero-order chi connectivity index (χ0) is 35.5. The number of carbonyl (C=O) groups is 1. The van der Waals surface area contributed by atoms with Crippen LogP contribution in [0, 0.1) is 20.8 Å². The molecule has 0 saturated carbocycles. The number of hydrogen-bond acceptors (Lipinski definition) is 8. The lowest BCUT2D eigenvalue weighted by molar-refractivity contribution is -0.137. The van der Waals surface area contributed by atoms with Crippen molar-refractivity contribution < 1.29 is 36.2 Å². The summed E-state index contributed by atoms with van der Waals surface area (Å²) in [6, 6.07) is 12.6. The van der Waals surface area contributed by atoms with Crippen LogP contribution in [-0.2, 0) is 12.7 Å². The molecule has 5 rings (SSSR count). The molecule has 1 aromatic heterocycles. The number of rotatable bonds is 9. The Labute approximate surface area is 285 Å². The Hall–Kier alpha value is -4.69. The maximum Gasteiger partial charge on any atom is 0.421 e. The van der Waals surface area contributed by atoms with Gasteiger partial charge in [0.1, 0.15) is 11.6 Å². The second-order valence-electron chi connectivity index (χ2n) is 11.7. The molecule has 2 heterocycles. The fourth-order valence-electron chi connectivity index (χ4n) is 5.53. The average Bonchev–Trinajstić information content (AvgIpc) is 3.02. The number of aromatic nitrogens is 2. The van der Waals surface area contributed by atoms with Crippen LogP contribution in [0.3, 0.4) is 0 Å². The van der Waals surface area contributed by atoms with E-state index < -0.39 is 31.0 Å². The van der Waals surface area contributed by atoms with Crippen molar-refractivity contribution in [2.75, 3.05) is 48.3 Å². The molecule has 260 valence electrons. The minimum atomic E-state index is -4.65. The fourth-order valence-corrected chi connectivity index (χ4v) is 5.71. The number of piperazine rings is 1. The Kier molecular flexibility index (Phi) is 10.8. The van der Waals surface area contributed by atoms with E-state index in [0.717, 1.165) is 41.8 Å². The molecule has 0 aliphatic carbocycles. The molecule has 1 N–H and O–H groups in total. The number of amides is 1. The summed E-state index contributed by atoms with van der Waals surface area (Å²) >= 11 is 6.31. The smallest absolute Gasteiger partial charge is 0.421 e. The van der Waals surface area contributed by atoms with E-state index in [-0.39, 0.29) is 33.9 Å². The first-order valence-electron chi connectivity index (χ1n) is 15.2. The van der Waals surface area contributed by atoms with Crippen molar-refractivity contribution in [3.63, 3.8) is 0 Å². The van der Waals surface area contributed by atoms with E-state index in [1.165, 1.54) is 18.3 Å². The van der Waals surface area contributed by atoms with Gasteiger partial charge in [-0.2, -0.15) is 26.9 Å². The quantitative estimate of drug-likeness (QED) is 0.174. The van der Waals surface area contributed by atoms with E-state index in [1.807, 2.05) is 31.0 Å². The van der Waals surface area contributed by atoms with Gasteiger partial charge in [-0.25, -0.2) is 9.78 Å². The molecule has 9 nitrogen and oxygen atoms in total. The van der Waals surface area contributed by atoms with Crippen LogP contribution >= 0.6 is 11.6 Å². The van der Waals surface area contributed by atoms with Crippen LogP contribution in [0.4, 0.5) is 49.9 Å². The Bertz CT molecular complexity index is 1790. The molecule has 1 fully saturated rings. The van der Waals surface area contributed by atoms with Gasteiger partial charge in [0, 0.05) is 49.2 Å². The van der Waals surface area contributed by atoms with Crippen LogP contribution in [0.5, 0.6) is 11.5 Å². The third-order valence-corrected chi connectivity index (χ3v) is 8.28. The number of benzene rings is 3. The van der Waals surface area contributed by atoms with Gasteiger partial charge >= 0.3 is 18.9 Å². The molecule has 1 amide bonds. The van der Waals surface area contributed by atoms with Crippen LogP contribution in [-0.4, -0.2) is 60.8 Å². The maximum absolute atomic E-state index is 13.8. The first-order valence-corrected chi connectivity index (χ1v) is 15.6. The highest BCUT2D eigenvalue weighted by atomic mass is 35.5. The van der Waals surface area contributed by atoms with Gasteiger partial charge in [-0.3, -0.25) is 4.90 Å². The van der Waals surface area contributed by atoms with Gasteiger partial charge in [0.15, 0.2) is 5.75 Å². The first kappa shape index (κ1) is 35.6. The summed E-state index contributed by atoms with van der Waals surface area (Å²) in [6.45, 7) is 4.68. The molecule has 0 bridgehead atoms. The van der Waals surface area contributed by atoms with Crippen LogP contribution in [0.1, 0.15) is 27.8 Å². The van der Waals surface area contributed by atoms with E-state index in [9.17, 15) is 26.7 Å². The Morgan fingerprint density at radius 1 is 1.00 bits per heavy atom. The zero-order valence-corrected chi connectivity index (χ0v) is 27.9. The zero-order valence-electron chi connectivity index (χ0n) is 27.1. The fraction of sp³-hybridized carbons (Fsp3) is 0.324. The predicted molar refractivity (Wildman–Crippen MR) is 177 cm³/mol. The van der Waals surface area contributed by atoms with Crippen LogP contribution in [0.2, 0.25) is 5.02 Å². The van der Waals surface area contributed by atoms with Crippen molar-refractivity contribution in [3.05, 3.63) is 93.6 Å². The second kappa shape index (κ2) is 14.8. The number of alkyl halides is 5. The molecule has 3 aromatic carbocycles. The molecule has 0 spiro atoms. The highest BCUT2D eigenvalue weighted by Crippen LogP contribution is 2.36. The summed E-state index contributed by atoms with van der Waals surface area (Å²) in [6.07, 6.45) is -4.26. The molecule has 0 unspecified atom stereocenters. The van der Waals surface area contributed by atoms with E-state index in [4.69, 9.17) is 21.1 Å². The summed E-state index contributed by atoms with van der Waals surface area (Å²) in [5.41, 5.74) is 2.16. The maximum atomic E-state index is 13.8. The predicted octanol–water partition coefficient (Wildman–Crippen LogP) is 8.38. The standard InChI is InChI=1S/C34H34ClF5N6O3/c1-20-15-21(2)30(22(3)16-20)49-33(47)46(19-23-17-24(34(38,39)40)5-7-26(23)35)29-9-10-41-32(43-29)42-25-6-8-27(28(18-25)48-31(36)37)45-13-11-44(4)12-14-45/h5-10,15-18,31H,11-14,19H2,1-4H3,(H,41,42,43). The highest BCUT2D eigenvalue weighted by molar-refractivity contribution is 6.31. The Balaban J connectivity index is 1.48. The molecule has 1 aliphatic rings. The van der Waals surface area contributed by atoms with Crippen LogP contribution < -0.4 is 24.6 Å². The van der Waals surface area contributed by atoms with Gasteiger partial charge in [0.25, 0.3) is 0 Å². The first-order chi connectivity index (χ1) is 23.2. The lowest BCUT2D eigenvalue weighted by Crippen LogP contribution is -2.44. The molecule has 49 heavy (non-hydrogen) atoms. The number of carbonyl (C=O) groups excluding carboxylic acids is 1. The lowest BCUT2D eigenvalue weighted by atomic mass is 10.1. The highest BCUT2D eigenvalue weighted by Gasteiger charge is 2.32. The minimum absolute atomic E-state index is 0.00657. The van der Waals surface area contributed by atoms with Gasteiger partial charge in [0.2, 0.25) is 5.95 Å². The number of nitrogens with one attached hydrogen (secondary N) is 1. The van der Waals surface area contributed by atoms with Gasteiger partial charge in [-0.1, -0.05) is 29.3 Å². The van der Waals surface area contributed by atoms with E-state index in [1.54, 1.807) is 26.0 Å². The Morgan fingerprint density at radius 3 is 2.35 bits per heavy atom. The summed E-state index contributed by atoms with van der Waals surface area (Å²) in [7, 11) is 1.98. The van der Waals surface area contributed by atoms with Crippen molar-refractivity contribution >= 4 is 40.8 Å². The van der Waals surface area contributed by atoms with Crippen molar-refractivity contribution in [2.24, 2.45) is 0 Å². The number of hydrogen-bond donors (Lipinski definition) is 1. The van der Waals surface area contributed by atoms with Crippen molar-refractivity contribution in [3.8, 4) is 11.5 Å². The molecular formula is C34H34ClF5N6O3. The SMILES string of the molecule is Cc1cc(C)c(OC(=O)N(Cc2cc(C(F)(F)F)ccc2Cl)c2ccnc(Nc3ccc(N4CCN(C)CC4)c(OC(F)F)c3)n2)c(C)c1. The minimum Gasteiger partial charge on any atom is -0.433 e. The third kappa shape index (κ3) is 8.86. The van der Waals surface area contributed by atoms with E-state index in [0.29, 0.717) is 35.6 Å². The number of ether oxygens (including phenoxy) is 2. The van der Waals surface area contributed by atoms with Gasteiger partial charge < -0.3 is 24.6 Å². The van der Waals surface area contributed by atoms with Gasteiger partial charge in [0.05, 0.1) is 17.8 Å². The van der Waals surface area contributed by atoms with Crippen LogP contribution in [0.25, 0.3) is 0 Å². The normalized spacial score (nSPS) is 13.8. The van der Waals surface area contributed by atoms with E-state index >= 15 is 0 Å². The van der Waals surface area contributed by atoms with Crippen molar-refractivity contribution in [1.29, 1.82) is 0 Å². The van der Waals surface area contributed by atoms with Gasteiger partial charge in [-0.05, 0) is 80.9 Å². The number of likely N-dealkylation sites (N-methyl/N-ethyl adjacent to an activating group) is 1. The third-order valence-electron chi connectivity index (χ3n) is 7.91. The molecule has 4 aromatic rings. The molecular weight excluding hydrogens is 671 g/mol.